The number of aromatic carboxylic acids is 1. The van der Waals surface area contributed by atoms with Gasteiger partial charge >= 0.3 is 5.97 Å². The quantitative estimate of drug-likeness (QED) is 0.893. The first-order valence-corrected chi connectivity index (χ1v) is 6.08. The second-order valence-corrected chi connectivity index (χ2v) is 4.82. The summed E-state index contributed by atoms with van der Waals surface area (Å²) in [5.74, 6) is -1.29. The van der Waals surface area contributed by atoms with Gasteiger partial charge in [-0.05, 0) is 30.7 Å². The number of aryl methyl sites for hydroxylation is 1. The standard InChI is InChI=1S/C13H9Cl2NO3/c1-6-4-8(11(13(18)19)12(17)16-6)7-2-3-9(14)10(15)5-7/h2-5H,1H3,(H,16,17)(H,18,19). The predicted molar refractivity (Wildman–Crippen MR) is 74.2 cm³/mol. The Morgan fingerprint density at radius 3 is 2.47 bits per heavy atom. The highest BCUT2D eigenvalue weighted by Crippen LogP contribution is 2.29. The Kier molecular flexibility index (Phi) is 3.64. The molecule has 0 amide bonds. The van der Waals surface area contributed by atoms with Gasteiger partial charge in [-0.2, -0.15) is 0 Å². The number of nitrogens with one attached hydrogen (secondary N) is 1. The van der Waals surface area contributed by atoms with Gasteiger partial charge in [-0.1, -0.05) is 29.3 Å². The van der Waals surface area contributed by atoms with Gasteiger partial charge in [0.2, 0.25) is 0 Å². The molecular formula is C13H9Cl2NO3. The maximum absolute atomic E-state index is 11.7. The number of hydrogen-bond donors (Lipinski definition) is 2. The van der Waals surface area contributed by atoms with Gasteiger partial charge in [0.15, 0.2) is 0 Å². The Bertz CT molecular complexity index is 722. The Morgan fingerprint density at radius 2 is 1.89 bits per heavy atom. The van der Waals surface area contributed by atoms with E-state index in [2.05, 4.69) is 4.98 Å². The first-order chi connectivity index (χ1) is 8.90. The third-order valence-electron chi connectivity index (χ3n) is 2.61. The van der Waals surface area contributed by atoms with Gasteiger partial charge in [-0.15, -0.1) is 0 Å². The molecule has 2 rings (SSSR count). The number of benzene rings is 1. The van der Waals surface area contributed by atoms with Crippen LogP contribution in [0.4, 0.5) is 0 Å². The summed E-state index contributed by atoms with van der Waals surface area (Å²) < 4.78 is 0. The van der Waals surface area contributed by atoms with E-state index in [0.717, 1.165) is 0 Å². The fourth-order valence-electron chi connectivity index (χ4n) is 1.79. The average Bonchev–Trinajstić information content (AvgIpc) is 2.31. The number of aromatic amines is 1. The molecule has 4 nitrogen and oxygen atoms in total. The van der Waals surface area contributed by atoms with Gasteiger partial charge in [-0.25, -0.2) is 4.79 Å². The van der Waals surface area contributed by atoms with Crippen molar-refractivity contribution < 1.29 is 9.90 Å². The summed E-state index contributed by atoms with van der Waals surface area (Å²) in [7, 11) is 0. The summed E-state index contributed by atoms with van der Waals surface area (Å²) in [5, 5.41) is 9.81. The molecule has 0 saturated carbocycles. The molecule has 0 saturated heterocycles. The molecule has 98 valence electrons. The lowest BCUT2D eigenvalue weighted by atomic mass is 10.0. The van der Waals surface area contributed by atoms with Crippen molar-refractivity contribution in [1.29, 1.82) is 0 Å². The molecule has 1 heterocycles. The van der Waals surface area contributed by atoms with Crippen molar-refractivity contribution in [1.82, 2.24) is 4.98 Å². The van der Waals surface area contributed by atoms with E-state index in [1.54, 1.807) is 25.1 Å². The second kappa shape index (κ2) is 5.07. The molecule has 0 fully saturated rings. The van der Waals surface area contributed by atoms with Crippen LogP contribution in [0, 0.1) is 6.92 Å². The molecule has 0 atom stereocenters. The molecule has 0 aliphatic heterocycles. The molecule has 2 N–H and O–H groups in total. The zero-order valence-electron chi connectivity index (χ0n) is 9.83. The monoisotopic (exact) mass is 297 g/mol. The zero-order chi connectivity index (χ0) is 14.2. The van der Waals surface area contributed by atoms with Crippen LogP contribution in [-0.4, -0.2) is 16.1 Å². The summed E-state index contributed by atoms with van der Waals surface area (Å²) in [6.45, 7) is 1.67. The third-order valence-corrected chi connectivity index (χ3v) is 3.35. The minimum Gasteiger partial charge on any atom is -0.477 e. The van der Waals surface area contributed by atoms with Crippen LogP contribution in [0.5, 0.6) is 0 Å². The van der Waals surface area contributed by atoms with Crippen LogP contribution < -0.4 is 5.56 Å². The third kappa shape index (κ3) is 2.64. The fraction of sp³-hybridized carbons (Fsp3) is 0.0769. The molecule has 0 spiro atoms. The minimum atomic E-state index is -1.29. The zero-order valence-corrected chi connectivity index (χ0v) is 11.3. The molecule has 0 bridgehead atoms. The van der Waals surface area contributed by atoms with Crippen molar-refractivity contribution in [3.05, 3.63) is 55.9 Å². The normalized spacial score (nSPS) is 10.5. The van der Waals surface area contributed by atoms with Crippen LogP contribution in [0.15, 0.2) is 29.1 Å². The average molecular weight is 298 g/mol. The predicted octanol–water partition coefficient (Wildman–Crippen LogP) is 3.36. The number of halogens is 2. The number of H-pyrrole nitrogens is 1. The smallest absolute Gasteiger partial charge is 0.341 e. The number of carboxylic acids is 1. The summed E-state index contributed by atoms with van der Waals surface area (Å²) in [6, 6.07) is 6.30. The molecule has 0 aliphatic carbocycles. The Morgan fingerprint density at radius 1 is 1.21 bits per heavy atom. The highest BCUT2D eigenvalue weighted by molar-refractivity contribution is 6.42. The number of hydrogen-bond acceptors (Lipinski definition) is 2. The summed E-state index contributed by atoms with van der Waals surface area (Å²) in [4.78, 5) is 25.4. The molecule has 6 heteroatoms. The molecule has 1 aromatic heterocycles. The topological polar surface area (TPSA) is 70.2 Å². The summed E-state index contributed by atoms with van der Waals surface area (Å²) in [5.41, 5.74) is 0.446. The maximum Gasteiger partial charge on any atom is 0.341 e. The first-order valence-electron chi connectivity index (χ1n) is 5.33. The number of carboxylic acid groups (broad SMARTS) is 1. The van der Waals surface area contributed by atoms with Gasteiger partial charge in [-0.3, -0.25) is 4.79 Å². The van der Waals surface area contributed by atoms with Gasteiger partial charge in [0.05, 0.1) is 10.0 Å². The fourth-order valence-corrected chi connectivity index (χ4v) is 2.09. The first kappa shape index (κ1) is 13.6. The lowest BCUT2D eigenvalue weighted by Crippen LogP contribution is -2.19. The van der Waals surface area contributed by atoms with Crippen LogP contribution in [-0.2, 0) is 0 Å². The lowest BCUT2D eigenvalue weighted by Gasteiger charge is -2.08. The van der Waals surface area contributed by atoms with E-state index in [4.69, 9.17) is 28.3 Å². The van der Waals surface area contributed by atoms with Crippen molar-refractivity contribution in [2.75, 3.05) is 0 Å². The molecule has 0 aliphatic rings. The van der Waals surface area contributed by atoms with Crippen LogP contribution in [0.25, 0.3) is 11.1 Å². The molecule has 2 aromatic rings. The summed E-state index contributed by atoms with van der Waals surface area (Å²) in [6.07, 6.45) is 0. The number of aromatic nitrogens is 1. The van der Waals surface area contributed by atoms with Crippen LogP contribution in [0.1, 0.15) is 16.1 Å². The van der Waals surface area contributed by atoms with E-state index in [-0.39, 0.29) is 5.56 Å². The highest BCUT2D eigenvalue weighted by atomic mass is 35.5. The summed E-state index contributed by atoms with van der Waals surface area (Å²) >= 11 is 11.7. The molecule has 1 aromatic carbocycles. The van der Waals surface area contributed by atoms with E-state index in [0.29, 0.717) is 26.9 Å². The van der Waals surface area contributed by atoms with Crippen molar-refractivity contribution in [2.45, 2.75) is 6.92 Å². The molecular weight excluding hydrogens is 289 g/mol. The Labute approximate surface area is 118 Å². The Balaban J connectivity index is 2.77. The largest absolute Gasteiger partial charge is 0.477 e. The van der Waals surface area contributed by atoms with Gasteiger partial charge in [0.1, 0.15) is 5.56 Å². The maximum atomic E-state index is 11.7. The molecule has 19 heavy (non-hydrogen) atoms. The second-order valence-electron chi connectivity index (χ2n) is 4.00. The molecule has 0 radical (unpaired) electrons. The minimum absolute atomic E-state index is 0.299. The highest BCUT2D eigenvalue weighted by Gasteiger charge is 2.17. The van der Waals surface area contributed by atoms with Gasteiger partial charge in [0.25, 0.3) is 5.56 Å². The van der Waals surface area contributed by atoms with Crippen LogP contribution in [0.3, 0.4) is 0 Å². The van der Waals surface area contributed by atoms with Crippen molar-refractivity contribution >= 4 is 29.2 Å². The van der Waals surface area contributed by atoms with E-state index in [1.165, 1.54) is 6.07 Å². The SMILES string of the molecule is Cc1cc(-c2ccc(Cl)c(Cl)c2)c(C(=O)O)c(=O)[nH]1. The van der Waals surface area contributed by atoms with Crippen LogP contribution >= 0.6 is 23.2 Å². The van der Waals surface area contributed by atoms with E-state index >= 15 is 0 Å². The number of pyridine rings is 1. The molecule has 0 unspecified atom stereocenters. The van der Waals surface area contributed by atoms with Gasteiger partial charge in [0, 0.05) is 11.3 Å². The number of carbonyl (C=O) groups is 1. The van der Waals surface area contributed by atoms with Gasteiger partial charge < -0.3 is 10.1 Å². The number of rotatable bonds is 2. The van der Waals surface area contributed by atoms with Crippen molar-refractivity contribution in [2.24, 2.45) is 0 Å². The lowest BCUT2D eigenvalue weighted by molar-refractivity contribution is 0.0696. The van der Waals surface area contributed by atoms with E-state index < -0.39 is 11.5 Å². The van der Waals surface area contributed by atoms with Crippen LogP contribution in [0.2, 0.25) is 10.0 Å². The van der Waals surface area contributed by atoms with Crippen molar-refractivity contribution in [3.8, 4) is 11.1 Å². The van der Waals surface area contributed by atoms with Crippen molar-refractivity contribution in [3.63, 3.8) is 0 Å². The van der Waals surface area contributed by atoms with E-state index in [9.17, 15) is 9.59 Å². The Hall–Kier alpha value is -1.78. The van der Waals surface area contributed by atoms with E-state index in [1.807, 2.05) is 0 Å².